The van der Waals surface area contributed by atoms with Crippen molar-refractivity contribution in [3.05, 3.63) is 0 Å². The lowest BCUT2D eigenvalue weighted by molar-refractivity contribution is -0.143. The smallest absolute Gasteiger partial charge is 0.303 e. The Morgan fingerprint density at radius 2 is 1.31 bits per heavy atom. The topological polar surface area (TPSA) is 205 Å². The second-order valence-electron chi connectivity index (χ2n) is 5.65. The highest BCUT2D eigenvalue weighted by Crippen LogP contribution is 2.19. The van der Waals surface area contributed by atoms with E-state index in [1.54, 1.807) is 13.8 Å². The minimum atomic E-state index is -1.23. The predicted octanol–water partition coefficient (Wildman–Crippen LogP) is -2.23. The zero-order chi connectivity index (χ0) is 21.2. The zero-order valence-electron chi connectivity index (χ0n) is 15.1. The third-order valence-corrected chi connectivity index (χ3v) is 2.68. The molecule has 0 bridgehead atoms. The van der Waals surface area contributed by atoms with Crippen molar-refractivity contribution in [1.29, 1.82) is 0 Å². The summed E-state index contributed by atoms with van der Waals surface area (Å²) in [5.74, 6) is -2.67. The van der Waals surface area contributed by atoms with Crippen LogP contribution in [0.25, 0.3) is 0 Å². The Bertz CT molecular complexity index is 371. The lowest BCUT2D eigenvalue weighted by atomic mass is 9.87. The number of aliphatic hydroxyl groups excluding tert-OH is 5. The van der Waals surface area contributed by atoms with Crippen LogP contribution in [0.4, 0.5) is 0 Å². The van der Waals surface area contributed by atoms with E-state index in [9.17, 15) is 19.5 Å². The van der Waals surface area contributed by atoms with Gasteiger partial charge in [0.05, 0.1) is 32.7 Å². The summed E-state index contributed by atoms with van der Waals surface area (Å²) in [6.45, 7) is 3.02. The molecule has 0 rings (SSSR count). The Morgan fingerprint density at radius 3 is 1.58 bits per heavy atom. The average Bonchev–Trinajstić information content (AvgIpc) is 2.60. The summed E-state index contributed by atoms with van der Waals surface area (Å²) in [4.78, 5) is 30.6. The maximum Gasteiger partial charge on any atom is 0.303 e. The van der Waals surface area contributed by atoms with Crippen LogP contribution in [-0.4, -0.2) is 92.7 Å². The van der Waals surface area contributed by atoms with Crippen LogP contribution in [-0.2, 0) is 14.4 Å². The van der Waals surface area contributed by atoms with Crippen molar-refractivity contribution >= 4 is 17.8 Å². The molecule has 1 amide bonds. The number of hydrogen-bond acceptors (Lipinski definition) is 8. The highest BCUT2D eigenvalue weighted by atomic mass is 16.4. The van der Waals surface area contributed by atoms with Crippen LogP contribution in [0.1, 0.15) is 33.1 Å². The lowest BCUT2D eigenvalue weighted by Gasteiger charge is -2.27. The molecule has 8 N–H and O–H groups in total. The summed E-state index contributed by atoms with van der Waals surface area (Å²) < 4.78 is 0. The van der Waals surface area contributed by atoms with Crippen LogP contribution in [0.15, 0.2) is 0 Å². The molecule has 0 saturated heterocycles. The number of aliphatic carboxylic acids is 2. The lowest BCUT2D eigenvalue weighted by Crippen LogP contribution is -2.45. The highest BCUT2D eigenvalue weighted by Gasteiger charge is 2.32. The summed E-state index contributed by atoms with van der Waals surface area (Å²) in [6, 6.07) is 0. The van der Waals surface area contributed by atoms with E-state index >= 15 is 0 Å². The third-order valence-electron chi connectivity index (χ3n) is 2.68. The first-order valence-electron chi connectivity index (χ1n) is 7.82. The van der Waals surface area contributed by atoms with E-state index in [1.165, 1.54) is 0 Å². The molecule has 11 heteroatoms. The SMILES string of the molecule is CC(C)(CO)C(O)C(=O)NCCCO.O=C(O)CCC(=O)O.OCCO. The van der Waals surface area contributed by atoms with Gasteiger partial charge in [-0.1, -0.05) is 13.8 Å². The van der Waals surface area contributed by atoms with Crippen molar-refractivity contribution in [3.8, 4) is 0 Å². The molecule has 11 nitrogen and oxygen atoms in total. The molecule has 0 aromatic carbocycles. The minimum Gasteiger partial charge on any atom is -0.481 e. The third kappa shape index (κ3) is 20.3. The Labute approximate surface area is 151 Å². The maximum absolute atomic E-state index is 11.3. The van der Waals surface area contributed by atoms with Gasteiger partial charge in [0.25, 0.3) is 0 Å². The first-order valence-corrected chi connectivity index (χ1v) is 7.82. The molecule has 0 aliphatic carbocycles. The van der Waals surface area contributed by atoms with Crippen molar-refractivity contribution in [2.75, 3.05) is 33.0 Å². The van der Waals surface area contributed by atoms with Crippen molar-refractivity contribution in [2.24, 2.45) is 5.41 Å². The fourth-order valence-electron chi connectivity index (χ4n) is 1.04. The van der Waals surface area contributed by atoms with Crippen LogP contribution in [0.2, 0.25) is 0 Å². The second kappa shape index (κ2) is 18.0. The van der Waals surface area contributed by atoms with Gasteiger partial charge in [0.15, 0.2) is 0 Å². The molecule has 156 valence electrons. The Hall–Kier alpha value is -1.79. The van der Waals surface area contributed by atoms with Crippen LogP contribution in [0, 0.1) is 5.41 Å². The molecule has 0 aliphatic rings. The van der Waals surface area contributed by atoms with Gasteiger partial charge < -0.3 is 41.1 Å². The average molecular weight is 385 g/mol. The number of carbonyl (C=O) groups excluding carboxylic acids is 1. The molecule has 0 saturated carbocycles. The van der Waals surface area contributed by atoms with Gasteiger partial charge in [0.2, 0.25) is 5.91 Å². The number of nitrogens with one attached hydrogen (secondary N) is 1. The Morgan fingerprint density at radius 1 is 0.885 bits per heavy atom. The molecule has 1 unspecified atom stereocenters. The molecule has 0 radical (unpaired) electrons. The minimum absolute atomic E-state index is 0.000230. The first kappa shape index (κ1) is 29.0. The van der Waals surface area contributed by atoms with Gasteiger partial charge in [0.1, 0.15) is 6.10 Å². The molecular formula is C15H31NO10. The Kier molecular flexibility index (Phi) is 20.1. The van der Waals surface area contributed by atoms with Gasteiger partial charge in [-0.3, -0.25) is 14.4 Å². The van der Waals surface area contributed by atoms with Gasteiger partial charge in [-0.05, 0) is 6.42 Å². The number of aliphatic hydroxyl groups is 5. The maximum atomic E-state index is 11.3. The van der Waals surface area contributed by atoms with Crippen molar-refractivity contribution in [3.63, 3.8) is 0 Å². The van der Waals surface area contributed by atoms with Crippen molar-refractivity contribution < 1.29 is 50.1 Å². The summed E-state index contributed by atoms with van der Waals surface area (Å²) in [5, 5.41) is 60.4. The van der Waals surface area contributed by atoms with E-state index in [0.29, 0.717) is 13.0 Å². The van der Waals surface area contributed by atoms with Gasteiger partial charge in [-0.25, -0.2) is 0 Å². The van der Waals surface area contributed by atoms with Gasteiger partial charge in [-0.15, -0.1) is 0 Å². The van der Waals surface area contributed by atoms with Crippen LogP contribution in [0.3, 0.4) is 0 Å². The van der Waals surface area contributed by atoms with E-state index in [0.717, 1.165) is 0 Å². The monoisotopic (exact) mass is 385 g/mol. The molecule has 0 fully saturated rings. The summed E-state index contributed by atoms with van der Waals surface area (Å²) >= 11 is 0. The van der Waals surface area contributed by atoms with Crippen LogP contribution < -0.4 is 5.32 Å². The van der Waals surface area contributed by atoms with Crippen LogP contribution >= 0.6 is 0 Å². The normalized spacial score (nSPS) is 11.2. The molecule has 26 heavy (non-hydrogen) atoms. The number of carboxylic acids is 2. The highest BCUT2D eigenvalue weighted by molar-refractivity contribution is 5.81. The standard InChI is InChI=1S/C9H19NO4.C4H6O4.C2H6O2/c1-9(2,6-12)7(13)8(14)10-4-3-5-11;5-3(6)1-2-4(7)8;3-1-2-4/h7,11-13H,3-6H2,1-2H3,(H,10,14);1-2H2,(H,5,6)(H,7,8);3-4H,1-2H2. The molecule has 0 spiro atoms. The fourth-order valence-corrected chi connectivity index (χ4v) is 1.04. The quantitative estimate of drug-likeness (QED) is 0.190. The molecule has 0 aromatic heterocycles. The summed E-state index contributed by atoms with van der Waals surface area (Å²) in [5.41, 5.74) is -0.844. The molecule has 0 heterocycles. The van der Waals surface area contributed by atoms with E-state index in [4.69, 9.17) is 30.6 Å². The largest absolute Gasteiger partial charge is 0.481 e. The number of hydrogen-bond donors (Lipinski definition) is 8. The van der Waals surface area contributed by atoms with E-state index in [2.05, 4.69) is 5.32 Å². The summed E-state index contributed by atoms with van der Waals surface area (Å²) in [7, 11) is 0. The zero-order valence-corrected chi connectivity index (χ0v) is 15.1. The number of carboxylic acid groups (broad SMARTS) is 2. The van der Waals surface area contributed by atoms with E-state index in [1.807, 2.05) is 0 Å². The summed E-state index contributed by atoms with van der Waals surface area (Å²) in [6.07, 6.45) is -1.37. The molecular weight excluding hydrogens is 354 g/mol. The van der Waals surface area contributed by atoms with E-state index < -0.39 is 29.4 Å². The predicted molar refractivity (Wildman–Crippen MR) is 90.3 cm³/mol. The molecule has 0 aliphatic heterocycles. The first-order chi connectivity index (χ1) is 12.0. The fraction of sp³-hybridized carbons (Fsp3) is 0.800. The van der Waals surface area contributed by atoms with Gasteiger partial charge in [0, 0.05) is 18.6 Å². The Balaban J connectivity index is -0.000000370. The number of amides is 1. The number of carbonyl (C=O) groups is 3. The molecule has 0 aromatic rings. The number of rotatable bonds is 10. The molecule has 1 atom stereocenters. The van der Waals surface area contributed by atoms with Crippen molar-refractivity contribution in [2.45, 2.75) is 39.2 Å². The van der Waals surface area contributed by atoms with E-state index in [-0.39, 0.29) is 39.3 Å². The second-order valence-corrected chi connectivity index (χ2v) is 5.65. The van der Waals surface area contributed by atoms with Gasteiger partial charge in [-0.2, -0.15) is 0 Å². The van der Waals surface area contributed by atoms with Gasteiger partial charge >= 0.3 is 11.9 Å². The van der Waals surface area contributed by atoms with Crippen molar-refractivity contribution in [1.82, 2.24) is 5.32 Å². The van der Waals surface area contributed by atoms with Crippen LogP contribution in [0.5, 0.6) is 0 Å².